The van der Waals surface area contributed by atoms with Gasteiger partial charge < -0.3 is 21.9 Å². The minimum atomic E-state index is -1.04. The Morgan fingerprint density at radius 1 is 1.38 bits per heavy atom. The van der Waals surface area contributed by atoms with Gasteiger partial charge in [-0.2, -0.15) is 0 Å². The van der Waals surface area contributed by atoms with Crippen LogP contribution in [-0.4, -0.2) is 19.0 Å². The molecule has 1 rings (SSSR count). The van der Waals surface area contributed by atoms with Crippen molar-refractivity contribution >= 4 is 17.6 Å². The molecule has 1 unspecified atom stereocenters. The van der Waals surface area contributed by atoms with Gasteiger partial charge in [-0.05, 0) is 18.2 Å². The van der Waals surface area contributed by atoms with E-state index >= 15 is 0 Å². The molecular formula is C10H13N3O3. The van der Waals surface area contributed by atoms with E-state index in [1.807, 2.05) is 0 Å². The van der Waals surface area contributed by atoms with E-state index < -0.39 is 17.9 Å². The van der Waals surface area contributed by atoms with Crippen molar-refractivity contribution < 1.29 is 14.3 Å². The summed E-state index contributed by atoms with van der Waals surface area (Å²) in [5, 5.41) is 0. The number of methoxy groups -OCH3 is 1. The van der Waals surface area contributed by atoms with Crippen LogP contribution in [0.5, 0.6) is 0 Å². The van der Waals surface area contributed by atoms with Crippen molar-refractivity contribution in [2.24, 2.45) is 11.5 Å². The van der Waals surface area contributed by atoms with Crippen LogP contribution in [0.15, 0.2) is 18.2 Å². The Balaban J connectivity index is 3.18. The fraction of sp³-hybridized carbons (Fsp3) is 0.200. The first-order valence-electron chi connectivity index (χ1n) is 4.50. The number of hydrogen-bond acceptors (Lipinski definition) is 5. The van der Waals surface area contributed by atoms with E-state index in [1.165, 1.54) is 25.3 Å². The quantitative estimate of drug-likeness (QED) is 0.473. The van der Waals surface area contributed by atoms with Crippen LogP contribution in [0.4, 0.5) is 5.69 Å². The summed E-state index contributed by atoms with van der Waals surface area (Å²) in [5.41, 5.74) is 17.1. The van der Waals surface area contributed by atoms with Crippen LogP contribution in [-0.2, 0) is 9.53 Å². The SMILES string of the molecule is COC(=O)c1ccc(N)c(C(N)C(N)=O)c1. The summed E-state index contributed by atoms with van der Waals surface area (Å²) < 4.78 is 4.53. The molecule has 0 fully saturated rings. The van der Waals surface area contributed by atoms with Gasteiger partial charge in [-0.15, -0.1) is 0 Å². The van der Waals surface area contributed by atoms with Gasteiger partial charge in [-0.25, -0.2) is 4.79 Å². The lowest BCUT2D eigenvalue weighted by molar-refractivity contribution is -0.119. The second kappa shape index (κ2) is 4.63. The third kappa shape index (κ3) is 2.29. The number of ether oxygens (including phenoxy) is 1. The molecule has 86 valence electrons. The van der Waals surface area contributed by atoms with E-state index in [1.54, 1.807) is 0 Å². The van der Waals surface area contributed by atoms with Crippen molar-refractivity contribution in [2.45, 2.75) is 6.04 Å². The molecular weight excluding hydrogens is 210 g/mol. The third-order valence-electron chi connectivity index (χ3n) is 2.15. The van der Waals surface area contributed by atoms with Crippen LogP contribution in [0.25, 0.3) is 0 Å². The van der Waals surface area contributed by atoms with Gasteiger partial charge in [-0.1, -0.05) is 0 Å². The van der Waals surface area contributed by atoms with Gasteiger partial charge in [0, 0.05) is 11.3 Å². The largest absolute Gasteiger partial charge is 0.465 e. The molecule has 0 aliphatic heterocycles. The highest BCUT2D eigenvalue weighted by Crippen LogP contribution is 2.20. The summed E-state index contributed by atoms with van der Waals surface area (Å²) in [7, 11) is 1.26. The monoisotopic (exact) mass is 223 g/mol. The minimum absolute atomic E-state index is 0.267. The normalized spacial score (nSPS) is 11.9. The van der Waals surface area contributed by atoms with Gasteiger partial charge in [0.25, 0.3) is 0 Å². The second-order valence-corrected chi connectivity index (χ2v) is 3.22. The molecule has 0 aliphatic rings. The highest BCUT2D eigenvalue weighted by atomic mass is 16.5. The molecule has 0 aliphatic carbocycles. The fourth-order valence-electron chi connectivity index (χ4n) is 1.24. The zero-order valence-corrected chi connectivity index (χ0v) is 8.77. The number of anilines is 1. The second-order valence-electron chi connectivity index (χ2n) is 3.22. The van der Waals surface area contributed by atoms with Crippen LogP contribution < -0.4 is 17.2 Å². The summed E-state index contributed by atoms with van der Waals surface area (Å²) in [5.74, 6) is -1.24. The maximum absolute atomic E-state index is 11.2. The first kappa shape index (κ1) is 12.0. The zero-order valence-electron chi connectivity index (χ0n) is 8.77. The standard InChI is InChI=1S/C10H13N3O3/c1-16-10(15)5-2-3-7(11)6(4-5)8(12)9(13)14/h2-4,8H,11-12H2,1H3,(H2,13,14). The van der Waals surface area contributed by atoms with Crippen LogP contribution >= 0.6 is 0 Å². The van der Waals surface area contributed by atoms with Gasteiger partial charge in [0.05, 0.1) is 12.7 Å². The predicted molar refractivity (Wildman–Crippen MR) is 58.3 cm³/mol. The number of esters is 1. The Kier molecular flexibility index (Phi) is 3.47. The molecule has 0 aromatic heterocycles. The number of primary amides is 1. The lowest BCUT2D eigenvalue weighted by Gasteiger charge is -2.12. The van der Waals surface area contributed by atoms with Crippen LogP contribution in [0, 0.1) is 0 Å². The summed E-state index contributed by atoms with van der Waals surface area (Å²) in [6.45, 7) is 0. The molecule has 0 bridgehead atoms. The van der Waals surface area contributed by atoms with Crippen molar-refractivity contribution in [1.82, 2.24) is 0 Å². The highest BCUT2D eigenvalue weighted by Gasteiger charge is 2.17. The Hall–Kier alpha value is -2.08. The maximum atomic E-state index is 11.2. The van der Waals surface area contributed by atoms with Crippen molar-refractivity contribution in [3.8, 4) is 0 Å². The Morgan fingerprint density at radius 2 is 2.00 bits per heavy atom. The topological polar surface area (TPSA) is 121 Å². The number of nitrogens with two attached hydrogens (primary N) is 3. The molecule has 1 amide bonds. The molecule has 6 heteroatoms. The first-order chi connectivity index (χ1) is 7.47. The van der Waals surface area contributed by atoms with E-state index in [9.17, 15) is 9.59 Å². The van der Waals surface area contributed by atoms with Crippen molar-refractivity contribution in [3.05, 3.63) is 29.3 Å². The van der Waals surface area contributed by atoms with E-state index in [0.717, 1.165) is 0 Å². The number of hydrogen-bond donors (Lipinski definition) is 3. The molecule has 0 saturated heterocycles. The summed E-state index contributed by atoms with van der Waals surface area (Å²) in [6.07, 6.45) is 0. The Labute approximate surface area is 92.3 Å². The number of carbonyl (C=O) groups excluding carboxylic acids is 2. The molecule has 0 spiro atoms. The summed E-state index contributed by atoms with van der Waals surface area (Å²) >= 11 is 0. The van der Waals surface area contributed by atoms with Crippen molar-refractivity contribution in [3.63, 3.8) is 0 Å². The van der Waals surface area contributed by atoms with Gasteiger partial charge in [-0.3, -0.25) is 4.79 Å². The molecule has 1 aromatic rings. The predicted octanol–water partition coefficient (Wildman–Crippen LogP) is -0.459. The third-order valence-corrected chi connectivity index (χ3v) is 2.15. The zero-order chi connectivity index (χ0) is 12.3. The van der Waals surface area contributed by atoms with Gasteiger partial charge in [0.15, 0.2) is 0 Å². The Bertz CT molecular complexity index is 431. The van der Waals surface area contributed by atoms with Crippen LogP contribution in [0.1, 0.15) is 22.0 Å². The maximum Gasteiger partial charge on any atom is 0.337 e. The molecule has 1 aromatic carbocycles. The molecule has 0 saturated carbocycles. The lowest BCUT2D eigenvalue weighted by atomic mass is 10.0. The lowest BCUT2D eigenvalue weighted by Crippen LogP contribution is -2.29. The minimum Gasteiger partial charge on any atom is -0.465 e. The van der Waals surface area contributed by atoms with Crippen molar-refractivity contribution in [2.75, 3.05) is 12.8 Å². The fourth-order valence-corrected chi connectivity index (χ4v) is 1.24. The van der Waals surface area contributed by atoms with Crippen molar-refractivity contribution in [1.29, 1.82) is 0 Å². The molecule has 0 heterocycles. The number of benzene rings is 1. The smallest absolute Gasteiger partial charge is 0.337 e. The first-order valence-corrected chi connectivity index (χ1v) is 4.50. The van der Waals surface area contributed by atoms with E-state index in [2.05, 4.69) is 4.74 Å². The highest BCUT2D eigenvalue weighted by molar-refractivity contribution is 5.91. The van der Waals surface area contributed by atoms with Crippen LogP contribution in [0.2, 0.25) is 0 Å². The van der Waals surface area contributed by atoms with Gasteiger partial charge in [0.2, 0.25) is 5.91 Å². The number of amides is 1. The molecule has 0 radical (unpaired) electrons. The van der Waals surface area contributed by atoms with E-state index in [4.69, 9.17) is 17.2 Å². The average molecular weight is 223 g/mol. The van der Waals surface area contributed by atoms with E-state index in [0.29, 0.717) is 11.3 Å². The number of rotatable bonds is 3. The van der Waals surface area contributed by atoms with Crippen LogP contribution in [0.3, 0.4) is 0 Å². The number of nitrogen functional groups attached to an aromatic ring is 1. The molecule has 6 nitrogen and oxygen atoms in total. The molecule has 1 atom stereocenters. The Morgan fingerprint density at radius 3 is 2.50 bits per heavy atom. The average Bonchev–Trinajstić information content (AvgIpc) is 2.27. The van der Waals surface area contributed by atoms with Gasteiger partial charge in [0.1, 0.15) is 6.04 Å². The molecule has 16 heavy (non-hydrogen) atoms. The van der Waals surface area contributed by atoms with Gasteiger partial charge >= 0.3 is 5.97 Å². The molecule has 6 N–H and O–H groups in total. The summed E-state index contributed by atoms with van der Waals surface area (Å²) in [6, 6.07) is 3.32. The summed E-state index contributed by atoms with van der Waals surface area (Å²) in [4.78, 5) is 22.2. The van der Waals surface area contributed by atoms with E-state index in [-0.39, 0.29) is 5.56 Å². The number of carbonyl (C=O) groups is 2.